The highest BCUT2D eigenvalue weighted by atomic mass is 35.5. The maximum absolute atomic E-state index is 11.9. The molecule has 1 N–H and O–H groups in total. The Morgan fingerprint density at radius 2 is 2.12 bits per heavy atom. The molecule has 2 aromatic heterocycles. The Morgan fingerprint density at radius 3 is 2.81 bits per heavy atom. The molecule has 0 saturated heterocycles. The van der Waals surface area contributed by atoms with Crippen LogP contribution in [0.1, 0.15) is 21.9 Å². The van der Waals surface area contributed by atoms with E-state index in [1.54, 1.807) is 19.1 Å². The van der Waals surface area contributed by atoms with Gasteiger partial charge in [-0.05, 0) is 37.3 Å². The lowest BCUT2D eigenvalue weighted by atomic mass is 10.1. The summed E-state index contributed by atoms with van der Waals surface area (Å²) in [7, 11) is 0. The number of carbonyl (C=O) groups excluding carboxylic acids is 1. The van der Waals surface area contributed by atoms with Crippen LogP contribution in [0.3, 0.4) is 0 Å². The molecule has 0 atom stereocenters. The average molecular weight is 374 g/mol. The van der Waals surface area contributed by atoms with Crippen LogP contribution >= 0.6 is 11.6 Å². The minimum atomic E-state index is -0.537. The number of nitrogens with zero attached hydrogens (tertiary/aromatic N) is 2. The summed E-state index contributed by atoms with van der Waals surface area (Å²) >= 11 is 5.80. The minimum absolute atomic E-state index is 0.168. The highest BCUT2D eigenvalue weighted by Gasteiger charge is 2.18. The number of hydrogen-bond donors (Lipinski definition) is 1. The normalized spacial score (nSPS) is 11.0. The molecule has 0 saturated carbocycles. The Morgan fingerprint density at radius 1 is 1.31 bits per heavy atom. The summed E-state index contributed by atoms with van der Waals surface area (Å²) in [6.45, 7) is 1.66. The molecule has 26 heavy (non-hydrogen) atoms. The lowest BCUT2D eigenvalue weighted by Gasteiger charge is -2.00. The maximum Gasteiger partial charge on any atom is 0.281 e. The van der Waals surface area contributed by atoms with E-state index in [-0.39, 0.29) is 22.0 Å². The van der Waals surface area contributed by atoms with Crippen molar-refractivity contribution in [2.75, 3.05) is 0 Å². The first-order valence-corrected chi connectivity index (χ1v) is 7.75. The van der Waals surface area contributed by atoms with E-state index < -0.39 is 10.8 Å². The van der Waals surface area contributed by atoms with Crippen molar-refractivity contribution in [3.05, 3.63) is 74.9 Å². The van der Waals surface area contributed by atoms with Crippen LogP contribution in [0, 0.1) is 17.0 Å². The monoisotopic (exact) mass is 373 g/mol. The summed E-state index contributed by atoms with van der Waals surface area (Å²) in [5, 5.41) is 15.2. The van der Waals surface area contributed by atoms with Crippen LogP contribution in [-0.4, -0.2) is 17.0 Å². The highest BCUT2D eigenvalue weighted by Crippen LogP contribution is 2.33. The van der Waals surface area contributed by atoms with Crippen molar-refractivity contribution in [3.8, 4) is 11.3 Å². The number of hydrazone groups is 1. The van der Waals surface area contributed by atoms with Gasteiger partial charge in [0.15, 0.2) is 0 Å². The standard InChI is InChI=1S/C17H12ClN3O5/c1-10-13(6-7-25-10)17(22)20-19-9-12-3-5-16(26-12)14-4-2-11(18)8-15(14)21(23)24/h2-9H,1H3,(H,20,22)/b19-9-. The zero-order chi connectivity index (χ0) is 18.7. The fraction of sp³-hybridized carbons (Fsp3) is 0.0588. The molecule has 132 valence electrons. The molecule has 0 bridgehead atoms. The molecule has 0 unspecified atom stereocenters. The molecule has 1 aromatic carbocycles. The molecule has 1 amide bonds. The van der Waals surface area contributed by atoms with E-state index in [1.807, 2.05) is 0 Å². The van der Waals surface area contributed by atoms with Crippen LogP contribution in [0.15, 0.2) is 56.6 Å². The Labute approximate surface area is 152 Å². The van der Waals surface area contributed by atoms with Gasteiger partial charge in [0.05, 0.1) is 28.5 Å². The summed E-state index contributed by atoms with van der Waals surface area (Å²) < 4.78 is 10.6. The third-order valence-corrected chi connectivity index (χ3v) is 3.75. The smallest absolute Gasteiger partial charge is 0.281 e. The van der Waals surface area contributed by atoms with Crippen molar-refractivity contribution in [3.63, 3.8) is 0 Å². The van der Waals surface area contributed by atoms with Gasteiger partial charge in [-0.3, -0.25) is 14.9 Å². The van der Waals surface area contributed by atoms with Crippen molar-refractivity contribution in [2.24, 2.45) is 5.10 Å². The molecule has 3 aromatic rings. The van der Waals surface area contributed by atoms with Gasteiger partial charge in [-0.15, -0.1) is 0 Å². The van der Waals surface area contributed by atoms with E-state index in [1.165, 1.54) is 36.7 Å². The molecule has 0 aliphatic carbocycles. The van der Waals surface area contributed by atoms with Gasteiger partial charge < -0.3 is 8.83 Å². The number of aryl methyl sites for hydroxylation is 1. The van der Waals surface area contributed by atoms with Gasteiger partial charge in [-0.25, -0.2) is 5.43 Å². The van der Waals surface area contributed by atoms with Crippen molar-refractivity contribution >= 4 is 29.4 Å². The Balaban J connectivity index is 1.76. The van der Waals surface area contributed by atoms with Crippen LogP contribution in [-0.2, 0) is 0 Å². The van der Waals surface area contributed by atoms with Gasteiger partial charge in [0.1, 0.15) is 17.3 Å². The number of rotatable bonds is 5. The number of halogens is 1. The van der Waals surface area contributed by atoms with Gasteiger partial charge in [0.25, 0.3) is 11.6 Å². The van der Waals surface area contributed by atoms with Crippen molar-refractivity contribution < 1.29 is 18.6 Å². The van der Waals surface area contributed by atoms with Crippen LogP contribution in [0.25, 0.3) is 11.3 Å². The number of furan rings is 2. The minimum Gasteiger partial charge on any atom is -0.469 e. The fourth-order valence-electron chi connectivity index (χ4n) is 2.27. The quantitative estimate of drug-likeness (QED) is 0.410. The number of hydrogen-bond acceptors (Lipinski definition) is 6. The molecular weight excluding hydrogens is 362 g/mol. The number of amides is 1. The first-order valence-electron chi connectivity index (χ1n) is 7.37. The van der Waals surface area contributed by atoms with Crippen LogP contribution in [0.5, 0.6) is 0 Å². The zero-order valence-electron chi connectivity index (χ0n) is 13.4. The Kier molecular flexibility index (Phi) is 4.85. The lowest BCUT2D eigenvalue weighted by Crippen LogP contribution is -2.17. The maximum atomic E-state index is 11.9. The number of carbonyl (C=O) groups is 1. The molecule has 0 fully saturated rings. The molecule has 0 spiro atoms. The van der Waals surface area contributed by atoms with E-state index in [4.69, 9.17) is 20.4 Å². The molecule has 0 aliphatic heterocycles. The van der Waals surface area contributed by atoms with Crippen molar-refractivity contribution in [1.82, 2.24) is 5.43 Å². The Hall–Kier alpha value is -3.39. The molecule has 0 aliphatic rings. The van der Waals surface area contributed by atoms with Gasteiger partial charge in [0, 0.05) is 11.1 Å². The first-order chi connectivity index (χ1) is 12.5. The van der Waals surface area contributed by atoms with E-state index in [9.17, 15) is 14.9 Å². The summed E-state index contributed by atoms with van der Waals surface area (Å²) in [6.07, 6.45) is 2.70. The molecule has 9 heteroatoms. The third-order valence-electron chi connectivity index (χ3n) is 3.51. The predicted octanol–water partition coefficient (Wildman–Crippen LogP) is 4.17. The fourth-order valence-corrected chi connectivity index (χ4v) is 2.43. The van der Waals surface area contributed by atoms with Crippen molar-refractivity contribution in [1.29, 1.82) is 0 Å². The molecule has 2 heterocycles. The second-order valence-corrected chi connectivity index (χ2v) is 5.65. The SMILES string of the molecule is Cc1occc1C(=O)N/N=C\c1ccc(-c2ccc(Cl)cc2[N+](=O)[O-])o1. The summed E-state index contributed by atoms with van der Waals surface area (Å²) in [4.78, 5) is 22.5. The number of benzene rings is 1. The topological polar surface area (TPSA) is 111 Å². The van der Waals surface area contributed by atoms with Gasteiger partial charge in [-0.2, -0.15) is 5.10 Å². The number of nitrogens with one attached hydrogen (secondary N) is 1. The third kappa shape index (κ3) is 3.65. The zero-order valence-corrected chi connectivity index (χ0v) is 14.2. The van der Waals surface area contributed by atoms with Gasteiger partial charge >= 0.3 is 0 Å². The predicted molar refractivity (Wildman–Crippen MR) is 94.3 cm³/mol. The summed E-state index contributed by atoms with van der Waals surface area (Å²) in [6, 6.07) is 8.97. The summed E-state index contributed by atoms with van der Waals surface area (Å²) in [5.41, 5.74) is 2.84. The second-order valence-electron chi connectivity index (χ2n) is 5.21. The lowest BCUT2D eigenvalue weighted by molar-refractivity contribution is -0.384. The van der Waals surface area contributed by atoms with Crippen molar-refractivity contribution in [2.45, 2.75) is 6.92 Å². The summed E-state index contributed by atoms with van der Waals surface area (Å²) in [5.74, 6) is 0.654. The number of nitro benzene ring substituents is 1. The van der Waals surface area contributed by atoms with Crippen LogP contribution in [0.2, 0.25) is 5.02 Å². The van der Waals surface area contributed by atoms with E-state index in [2.05, 4.69) is 10.5 Å². The molecule has 8 nitrogen and oxygen atoms in total. The molecule has 3 rings (SSSR count). The molecular formula is C17H12ClN3O5. The Bertz CT molecular complexity index is 1010. The van der Waals surface area contributed by atoms with Crippen LogP contribution < -0.4 is 5.43 Å². The van der Waals surface area contributed by atoms with E-state index in [0.717, 1.165) is 0 Å². The largest absolute Gasteiger partial charge is 0.469 e. The van der Waals surface area contributed by atoms with E-state index >= 15 is 0 Å². The molecule has 0 radical (unpaired) electrons. The average Bonchev–Trinajstić information content (AvgIpc) is 3.23. The van der Waals surface area contributed by atoms with Gasteiger partial charge in [-0.1, -0.05) is 11.6 Å². The highest BCUT2D eigenvalue weighted by molar-refractivity contribution is 6.30. The van der Waals surface area contributed by atoms with E-state index in [0.29, 0.717) is 17.1 Å². The van der Waals surface area contributed by atoms with Gasteiger partial charge in [0.2, 0.25) is 0 Å². The second kappa shape index (κ2) is 7.24. The first kappa shape index (κ1) is 17.4. The van der Waals surface area contributed by atoms with Crippen LogP contribution in [0.4, 0.5) is 5.69 Å². The number of nitro groups is 1.